The van der Waals surface area contributed by atoms with Crippen molar-refractivity contribution < 1.29 is 10.3 Å². The van der Waals surface area contributed by atoms with E-state index in [2.05, 4.69) is 10.1 Å². The Labute approximate surface area is 62.8 Å². The molecule has 0 aromatic carbocycles. The second-order valence-electron chi connectivity index (χ2n) is 1.88. The second kappa shape index (κ2) is 2.87. The van der Waals surface area contributed by atoms with Gasteiger partial charge in [-0.1, -0.05) is 5.16 Å². The Balaban J connectivity index is 3.14. The fraction of sp³-hybridized carbons (Fsp3) is 0. The van der Waals surface area contributed by atoms with E-state index in [0.717, 1.165) is 0 Å². The van der Waals surface area contributed by atoms with Crippen LogP contribution in [-0.4, -0.2) is 21.1 Å². The van der Waals surface area contributed by atoms with Crippen molar-refractivity contribution in [2.24, 2.45) is 10.9 Å². The zero-order valence-corrected chi connectivity index (χ0v) is 5.60. The molecular formula is C6H7N3O2. The van der Waals surface area contributed by atoms with Gasteiger partial charge in [0, 0.05) is 6.20 Å². The largest absolute Gasteiger partial charge is 0.506 e. The number of hydrogen-bond acceptors (Lipinski definition) is 4. The van der Waals surface area contributed by atoms with Crippen LogP contribution in [0, 0.1) is 0 Å². The topological polar surface area (TPSA) is 91.7 Å². The summed E-state index contributed by atoms with van der Waals surface area (Å²) in [5.74, 6) is -0.243. The van der Waals surface area contributed by atoms with Crippen molar-refractivity contribution in [1.82, 2.24) is 4.98 Å². The molecule has 0 radical (unpaired) electrons. The van der Waals surface area contributed by atoms with Gasteiger partial charge in [0.15, 0.2) is 5.84 Å². The molecular weight excluding hydrogens is 146 g/mol. The molecule has 1 rings (SSSR count). The number of nitrogens with two attached hydrogens (primary N) is 1. The summed E-state index contributed by atoms with van der Waals surface area (Å²) in [5.41, 5.74) is 5.47. The van der Waals surface area contributed by atoms with Gasteiger partial charge in [-0.25, -0.2) is 0 Å². The average molecular weight is 153 g/mol. The van der Waals surface area contributed by atoms with Crippen molar-refractivity contribution in [3.05, 3.63) is 24.0 Å². The third-order valence-corrected chi connectivity index (χ3v) is 1.18. The highest BCUT2D eigenvalue weighted by Gasteiger charge is 2.03. The van der Waals surface area contributed by atoms with E-state index in [9.17, 15) is 0 Å². The monoisotopic (exact) mass is 153 g/mol. The molecule has 11 heavy (non-hydrogen) atoms. The summed E-state index contributed by atoms with van der Waals surface area (Å²) in [6, 6.07) is 1.45. The number of nitrogens with zero attached hydrogens (tertiary/aromatic N) is 2. The molecule has 0 bridgehead atoms. The summed E-state index contributed by atoms with van der Waals surface area (Å²) < 4.78 is 0. The van der Waals surface area contributed by atoms with E-state index in [0.29, 0.717) is 0 Å². The van der Waals surface area contributed by atoms with E-state index in [1.807, 2.05) is 0 Å². The first kappa shape index (κ1) is 7.33. The van der Waals surface area contributed by atoms with Gasteiger partial charge in [-0.15, -0.1) is 0 Å². The Hall–Kier alpha value is -1.78. The Morgan fingerprint density at radius 2 is 2.36 bits per heavy atom. The maximum atomic E-state index is 9.08. The van der Waals surface area contributed by atoms with Crippen molar-refractivity contribution in [2.75, 3.05) is 0 Å². The van der Waals surface area contributed by atoms with Crippen LogP contribution in [0.2, 0.25) is 0 Å². The van der Waals surface area contributed by atoms with Crippen LogP contribution in [0.5, 0.6) is 5.75 Å². The van der Waals surface area contributed by atoms with Gasteiger partial charge < -0.3 is 16.0 Å². The lowest BCUT2D eigenvalue weighted by Gasteiger charge is -1.98. The molecule has 0 aliphatic rings. The summed E-state index contributed by atoms with van der Waals surface area (Å²) >= 11 is 0. The van der Waals surface area contributed by atoms with Gasteiger partial charge in [0.1, 0.15) is 5.75 Å². The molecule has 0 saturated carbocycles. The van der Waals surface area contributed by atoms with Crippen molar-refractivity contribution in [3.63, 3.8) is 0 Å². The lowest BCUT2D eigenvalue weighted by Crippen LogP contribution is -2.13. The van der Waals surface area contributed by atoms with Crippen LogP contribution in [0.15, 0.2) is 23.6 Å². The minimum Gasteiger partial charge on any atom is -0.506 e. The van der Waals surface area contributed by atoms with Gasteiger partial charge in [-0.3, -0.25) is 4.98 Å². The average Bonchev–Trinajstić information content (AvgIpc) is 2.04. The Kier molecular flexibility index (Phi) is 1.91. The zero-order chi connectivity index (χ0) is 8.27. The van der Waals surface area contributed by atoms with Crippen LogP contribution in [0.1, 0.15) is 5.56 Å². The molecule has 1 aromatic rings. The van der Waals surface area contributed by atoms with Crippen LogP contribution < -0.4 is 5.73 Å². The highest BCUT2D eigenvalue weighted by Crippen LogP contribution is 2.12. The molecule has 5 heteroatoms. The highest BCUT2D eigenvalue weighted by molar-refractivity contribution is 5.99. The summed E-state index contributed by atoms with van der Waals surface area (Å²) in [6.45, 7) is 0. The number of amidine groups is 1. The van der Waals surface area contributed by atoms with Crippen molar-refractivity contribution >= 4 is 5.84 Å². The van der Waals surface area contributed by atoms with Crippen LogP contribution in [0.3, 0.4) is 0 Å². The Bertz CT molecular complexity index is 285. The number of hydrogen-bond donors (Lipinski definition) is 3. The number of pyridine rings is 1. The van der Waals surface area contributed by atoms with Gasteiger partial charge in [-0.05, 0) is 6.07 Å². The van der Waals surface area contributed by atoms with Gasteiger partial charge in [0.25, 0.3) is 0 Å². The summed E-state index contributed by atoms with van der Waals surface area (Å²) in [5, 5.41) is 20.0. The molecule has 0 saturated heterocycles. The van der Waals surface area contributed by atoms with E-state index in [4.69, 9.17) is 16.0 Å². The number of oxime groups is 1. The molecule has 1 heterocycles. The normalized spacial score (nSPS) is 11.5. The minimum absolute atomic E-state index is 0.109. The fourth-order valence-electron chi connectivity index (χ4n) is 0.657. The lowest BCUT2D eigenvalue weighted by atomic mass is 10.2. The van der Waals surface area contributed by atoms with Crippen LogP contribution in [-0.2, 0) is 0 Å². The van der Waals surface area contributed by atoms with E-state index in [1.165, 1.54) is 18.5 Å². The van der Waals surface area contributed by atoms with Crippen molar-refractivity contribution in [1.29, 1.82) is 0 Å². The molecule has 1 aromatic heterocycles. The number of rotatable bonds is 1. The molecule has 0 atom stereocenters. The Morgan fingerprint density at radius 1 is 1.64 bits per heavy atom. The molecule has 0 aliphatic heterocycles. The molecule has 0 amide bonds. The molecule has 0 spiro atoms. The van der Waals surface area contributed by atoms with E-state index < -0.39 is 0 Å². The van der Waals surface area contributed by atoms with E-state index in [1.54, 1.807) is 0 Å². The third-order valence-electron chi connectivity index (χ3n) is 1.18. The van der Waals surface area contributed by atoms with Crippen LogP contribution in [0.4, 0.5) is 0 Å². The quantitative estimate of drug-likeness (QED) is 0.227. The smallest absolute Gasteiger partial charge is 0.173 e. The first-order chi connectivity index (χ1) is 5.25. The zero-order valence-electron chi connectivity index (χ0n) is 5.60. The highest BCUT2D eigenvalue weighted by atomic mass is 16.4. The standard InChI is InChI=1S/C6H7N3O2/c7-6(9-11)4-1-2-8-3-5(4)10/h1-3,10-11H,(H2,7,9). The van der Waals surface area contributed by atoms with E-state index in [-0.39, 0.29) is 17.1 Å². The minimum atomic E-state index is -0.134. The first-order valence-electron chi connectivity index (χ1n) is 2.86. The van der Waals surface area contributed by atoms with Gasteiger partial charge in [-0.2, -0.15) is 0 Å². The molecule has 4 N–H and O–H groups in total. The van der Waals surface area contributed by atoms with Gasteiger partial charge in [0.05, 0.1) is 11.8 Å². The van der Waals surface area contributed by atoms with Crippen molar-refractivity contribution in [3.8, 4) is 5.75 Å². The van der Waals surface area contributed by atoms with E-state index >= 15 is 0 Å². The first-order valence-corrected chi connectivity index (χ1v) is 2.86. The summed E-state index contributed by atoms with van der Waals surface area (Å²) in [7, 11) is 0. The second-order valence-corrected chi connectivity index (χ2v) is 1.88. The third kappa shape index (κ3) is 1.37. The fourth-order valence-corrected chi connectivity index (χ4v) is 0.657. The molecule has 0 fully saturated rings. The van der Waals surface area contributed by atoms with Gasteiger partial charge in [0.2, 0.25) is 0 Å². The maximum absolute atomic E-state index is 9.08. The predicted octanol–water partition coefficient (Wildman–Crippen LogP) is -0.118. The summed E-state index contributed by atoms with van der Waals surface area (Å²) in [6.07, 6.45) is 2.65. The predicted molar refractivity (Wildman–Crippen MR) is 38.4 cm³/mol. The van der Waals surface area contributed by atoms with Crippen LogP contribution in [0.25, 0.3) is 0 Å². The maximum Gasteiger partial charge on any atom is 0.173 e. The van der Waals surface area contributed by atoms with Gasteiger partial charge >= 0.3 is 0 Å². The van der Waals surface area contributed by atoms with Crippen LogP contribution >= 0.6 is 0 Å². The lowest BCUT2D eigenvalue weighted by molar-refractivity contribution is 0.318. The number of aromatic hydroxyl groups is 1. The Morgan fingerprint density at radius 3 is 2.91 bits per heavy atom. The number of aromatic nitrogens is 1. The molecule has 5 nitrogen and oxygen atoms in total. The molecule has 58 valence electrons. The summed E-state index contributed by atoms with van der Waals surface area (Å²) in [4.78, 5) is 3.62. The SMILES string of the molecule is N/C(=N/O)c1ccncc1O. The molecule has 0 unspecified atom stereocenters. The van der Waals surface area contributed by atoms with Crippen molar-refractivity contribution in [2.45, 2.75) is 0 Å². The molecule has 0 aliphatic carbocycles.